The van der Waals surface area contributed by atoms with Crippen LogP contribution in [0.15, 0.2) is 6.33 Å². The van der Waals surface area contributed by atoms with Crippen LogP contribution in [0.1, 0.15) is 32.8 Å². The molecule has 0 aromatic carbocycles. The van der Waals surface area contributed by atoms with Crippen molar-refractivity contribution in [1.82, 2.24) is 9.97 Å². The van der Waals surface area contributed by atoms with Crippen molar-refractivity contribution < 1.29 is 0 Å². The van der Waals surface area contributed by atoms with E-state index in [0.717, 1.165) is 43.1 Å². The van der Waals surface area contributed by atoms with E-state index in [4.69, 9.17) is 5.84 Å². The lowest BCUT2D eigenvalue weighted by atomic mass is 10.1. The Morgan fingerprint density at radius 3 is 2.63 bits per heavy atom. The zero-order chi connectivity index (χ0) is 13.8. The highest BCUT2D eigenvalue weighted by molar-refractivity contribution is 8.00. The summed E-state index contributed by atoms with van der Waals surface area (Å²) >= 11 is 2.04. The SMILES string of the molecule is CCCc1c(NN)ncnc1N1CC(C)SC(C)C1. The van der Waals surface area contributed by atoms with Crippen molar-refractivity contribution in [3.05, 3.63) is 11.9 Å². The molecule has 6 heteroatoms. The molecule has 1 aliphatic rings. The second-order valence-corrected chi connectivity index (χ2v) is 6.96. The van der Waals surface area contributed by atoms with Gasteiger partial charge in [-0.1, -0.05) is 27.2 Å². The summed E-state index contributed by atoms with van der Waals surface area (Å²) in [5, 5.41) is 1.25. The number of nitrogen functional groups attached to an aromatic ring is 1. The number of hydrogen-bond acceptors (Lipinski definition) is 6. The molecule has 0 spiro atoms. The van der Waals surface area contributed by atoms with Crippen molar-refractivity contribution in [2.75, 3.05) is 23.4 Å². The van der Waals surface area contributed by atoms with E-state index in [1.165, 1.54) is 0 Å². The molecule has 19 heavy (non-hydrogen) atoms. The van der Waals surface area contributed by atoms with E-state index in [1.54, 1.807) is 6.33 Å². The molecule has 0 amide bonds. The first-order valence-electron chi connectivity index (χ1n) is 6.86. The Morgan fingerprint density at radius 2 is 2.05 bits per heavy atom. The second-order valence-electron chi connectivity index (χ2n) is 5.08. The zero-order valence-corrected chi connectivity index (χ0v) is 12.7. The maximum atomic E-state index is 5.57. The Balaban J connectivity index is 2.32. The maximum absolute atomic E-state index is 5.57. The summed E-state index contributed by atoms with van der Waals surface area (Å²) in [6.45, 7) is 8.78. The van der Waals surface area contributed by atoms with Gasteiger partial charge in [0.1, 0.15) is 18.0 Å². The van der Waals surface area contributed by atoms with Gasteiger partial charge in [0.2, 0.25) is 0 Å². The van der Waals surface area contributed by atoms with Crippen LogP contribution in [-0.2, 0) is 6.42 Å². The molecule has 2 heterocycles. The Labute approximate surface area is 119 Å². The molecule has 3 N–H and O–H groups in total. The molecule has 1 saturated heterocycles. The summed E-state index contributed by atoms with van der Waals surface area (Å²) in [4.78, 5) is 11.1. The van der Waals surface area contributed by atoms with E-state index in [-0.39, 0.29) is 0 Å². The summed E-state index contributed by atoms with van der Waals surface area (Å²) in [6, 6.07) is 0. The standard InChI is InChI=1S/C13H23N5S/c1-4-5-11-12(17-14)15-8-16-13(11)18-6-9(2)19-10(3)7-18/h8-10H,4-7,14H2,1-3H3,(H,15,16,17). The number of rotatable bonds is 4. The van der Waals surface area contributed by atoms with Crippen LogP contribution in [0.2, 0.25) is 0 Å². The van der Waals surface area contributed by atoms with Crippen LogP contribution in [0.5, 0.6) is 0 Å². The van der Waals surface area contributed by atoms with Gasteiger partial charge in [-0.25, -0.2) is 15.8 Å². The summed E-state index contributed by atoms with van der Waals surface area (Å²) in [6.07, 6.45) is 3.60. The number of thioether (sulfide) groups is 1. The average molecular weight is 281 g/mol. The molecule has 0 bridgehead atoms. The van der Waals surface area contributed by atoms with Crippen molar-refractivity contribution in [1.29, 1.82) is 0 Å². The van der Waals surface area contributed by atoms with Crippen molar-refractivity contribution >= 4 is 23.4 Å². The topological polar surface area (TPSA) is 67.1 Å². The molecule has 1 fully saturated rings. The molecular formula is C13H23N5S. The number of hydrazine groups is 1. The molecule has 2 rings (SSSR count). The van der Waals surface area contributed by atoms with Crippen LogP contribution in [-0.4, -0.2) is 33.6 Å². The lowest BCUT2D eigenvalue weighted by Crippen LogP contribution is -2.41. The molecule has 5 nitrogen and oxygen atoms in total. The Hall–Kier alpha value is -1.01. The molecular weight excluding hydrogens is 258 g/mol. The van der Waals surface area contributed by atoms with E-state index in [9.17, 15) is 0 Å². The van der Waals surface area contributed by atoms with Gasteiger partial charge in [-0.15, -0.1) is 0 Å². The number of nitrogens with one attached hydrogen (secondary N) is 1. The lowest BCUT2D eigenvalue weighted by molar-refractivity contribution is 0.709. The lowest BCUT2D eigenvalue weighted by Gasteiger charge is -2.36. The van der Waals surface area contributed by atoms with Gasteiger partial charge in [0.15, 0.2) is 0 Å². The first-order valence-corrected chi connectivity index (χ1v) is 7.80. The van der Waals surface area contributed by atoms with Gasteiger partial charge in [0, 0.05) is 29.2 Å². The first kappa shape index (κ1) is 14.4. The quantitative estimate of drug-likeness (QED) is 0.650. The third kappa shape index (κ3) is 3.30. The smallest absolute Gasteiger partial charge is 0.148 e. The number of anilines is 2. The van der Waals surface area contributed by atoms with Gasteiger partial charge in [-0.05, 0) is 6.42 Å². The fourth-order valence-corrected chi connectivity index (χ4v) is 3.96. The number of nitrogens with zero attached hydrogens (tertiary/aromatic N) is 3. The highest BCUT2D eigenvalue weighted by Crippen LogP contribution is 2.31. The Morgan fingerprint density at radius 1 is 1.37 bits per heavy atom. The van der Waals surface area contributed by atoms with Gasteiger partial charge in [-0.3, -0.25) is 0 Å². The van der Waals surface area contributed by atoms with E-state index >= 15 is 0 Å². The third-order valence-electron chi connectivity index (χ3n) is 3.28. The van der Waals surface area contributed by atoms with Crippen LogP contribution >= 0.6 is 11.8 Å². The van der Waals surface area contributed by atoms with Gasteiger partial charge in [0.05, 0.1) is 0 Å². The van der Waals surface area contributed by atoms with E-state index in [0.29, 0.717) is 10.5 Å². The molecule has 1 aromatic heterocycles. The Bertz CT molecular complexity index is 415. The fraction of sp³-hybridized carbons (Fsp3) is 0.692. The zero-order valence-electron chi connectivity index (χ0n) is 11.9. The van der Waals surface area contributed by atoms with Gasteiger partial charge >= 0.3 is 0 Å². The molecule has 0 saturated carbocycles. The molecule has 106 valence electrons. The monoisotopic (exact) mass is 281 g/mol. The molecule has 1 aromatic rings. The molecule has 2 unspecified atom stereocenters. The maximum Gasteiger partial charge on any atom is 0.148 e. The van der Waals surface area contributed by atoms with Crippen LogP contribution in [0.25, 0.3) is 0 Å². The minimum absolute atomic E-state index is 0.627. The Kier molecular flexibility index (Phi) is 4.87. The summed E-state index contributed by atoms with van der Waals surface area (Å²) < 4.78 is 0. The van der Waals surface area contributed by atoms with Crippen molar-refractivity contribution in [3.8, 4) is 0 Å². The van der Waals surface area contributed by atoms with Crippen molar-refractivity contribution in [3.63, 3.8) is 0 Å². The summed E-state index contributed by atoms with van der Waals surface area (Å²) in [5.41, 5.74) is 3.84. The first-order chi connectivity index (χ1) is 9.15. The summed E-state index contributed by atoms with van der Waals surface area (Å²) in [5.74, 6) is 7.37. The van der Waals surface area contributed by atoms with E-state index < -0.39 is 0 Å². The van der Waals surface area contributed by atoms with E-state index in [1.807, 2.05) is 11.8 Å². The van der Waals surface area contributed by atoms with Crippen molar-refractivity contribution in [2.24, 2.45) is 5.84 Å². The fourth-order valence-electron chi connectivity index (χ4n) is 2.63. The van der Waals surface area contributed by atoms with E-state index in [2.05, 4.69) is 41.1 Å². The predicted octanol–water partition coefficient (Wildman–Crippen LogP) is 2.04. The highest BCUT2D eigenvalue weighted by Gasteiger charge is 2.25. The van der Waals surface area contributed by atoms with Gasteiger partial charge in [0.25, 0.3) is 0 Å². The number of hydrogen-bond donors (Lipinski definition) is 2. The van der Waals surface area contributed by atoms with Gasteiger partial charge in [-0.2, -0.15) is 11.8 Å². The minimum atomic E-state index is 0.627. The molecule has 1 aliphatic heterocycles. The number of aromatic nitrogens is 2. The third-order valence-corrected chi connectivity index (χ3v) is 4.51. The van der Waals surface area contributed by atoms with Crippen LogP contribution in [0.4, 0.5) is 11.6 Å². The highest BCUT2D eigenvalue weighted by atomic mass is 32.2. The average Bonchev–Trinajstić information content (AvgIpc) is 2.38. The summed E-state index contributed by atoms with van der Waals surface area (Å²) in [7, 11) is 0. The predicted molar refractivity (Wildman–Crippen MR) is 82.6 cm³/mol. The normalized spacial score (nSPS) is 23.5. The molecule has 0 radical (unpaired) electrons. The van der Waals surface area contributed by atoms with Crippen LogP contribution in [0, 0.1) is 0 Å². The van der Waals surface area contributed by atoms with Crippen LogP contribution in [0.3, 0.4) is 0 Å². The number of nitrogens with two attached hydrogens (primary N) is 1. The molecule has 0 aliphatic carbocycles. The second kappa shape index (κ2) is 6.43. The van der Waals surface area contributed by atoms with Crippen molar-refractivity contribution in [2.45, 2.75) is 44.1 Å². The molecule has 2 atom stereocenters. The largest absolute Gasteiger partial charge is 0.354 e. The van der Waals surface area contributed by atoms with Gasteiger partial charge < -0.3 is 10.3 Å². The van der Waals surface area contributed by atoms with Crippen LogP contribution < -0.4 is 16.2 Å². The minimum Gasteiger partial charge on any atom is -0.354 e.